The van der Waals surface area contributed by atoms with E-state index in [0.29, 0.717) is 50.3 Å². The van der Waals surface area contributed by atoms with Crippen molar-refractivity contribution in [3.63, 3.8) is 0 Å². The number of benzene rings is 2. The summed E-state index contributed by atoms with van der Waals surface area (Å²) in [6, 6.07) is 14.1. The van der Waals surface area contributed by atoms with Crippen molar-refractivity contribution in [2.24, 2.45) is 5.41 Å². The van der Waals surface area contributed by atoms with Crippen LogP contribution in [0.2, 0.25) is 0 Å². The van der Waals surface area contributed by atoms with Crippen LogP contribution < -0.4 is 5.32 Å². The number of fused-ring (bicyclic) bond motifs is 1. The van der Waals surface area contributed by atoms with Gasteiger partial charge in [-0.1, -0.05) is 69.9 Å². The van der Waals surface area contributed by atoms with Crippen molar-refractivity contribution in [2.75, 3.05) is 31.5 Å². The largest absolute Gasteiger partial charge is 0.508 e. The van der Waals surface area contributed by atoms with Gasteiger partial charge in [-0.15, -0.1) is 0 Å². The molecule has 1 spiro atoms. The van der Waals surface area contributed by atoms with E-state index in [-0.39, 0.29) is 23.3 Å². The number of piperazine rings is 1. The molecular formula is C35H47N3O4. The molecule has 226 valence electrons. The number of rotatable bonds is 3. The standard InChI is InChI=1S/C35H47N3O4/c39-29-14-15-30-28(24-29)25-34(16-8-6-4-2-1-3-5-7-9-17-34)31(36-30)26-10-12-27(13-11-26)32(40)37-20-22-38(23-21-37)33(41)35(42)18-19-35/h10-15,24,31,36,39,42H,1-9,16-23,25H2. The number of aromatic hydroxyl groups is 1. The molecule has 2 aliphatic carbocycles. The van der Waals surface area contributed by atoms with E-state index in [1.807, 2.05) is 29.2 Å². The molecule has 2 aromatic carbocycles. The number of phenolic OH excluding ortho intramolecular Hbond substituents is 1. The molecule has 0 aromatic heterocycles. The summed E-state index contributed by atoms with van der Waals surface area (Å²) < 4.78 is 0. The molecule has 2 aromatic rings. The summed E-state index contributed by atoms with van der Waals surface area (Å²) in [5, 5.41) is 24.4. The lowest BCUT2D eigenvalue weighted by Crippen LogP contribution is -2.53. The van der Waals surface area contributed by atoms with E-state index in [4.69, 9.17) is 0 Å². The maximum Gasteiger partial charge on any atom is 0.254 e. The van der Waals surface area contributed by atoms with E-state index in [0.717, 1.165) is 24.9 Å². The molecular weight excluding hydrogens is 526 g/mol. The Bertz CT molecular complexity index is 1250. The number of carbonyl (C=O) groups excluding carboxylic acids is 2. The van der Waals surface area contributed by atoms with Gasteiger partial charge in [-0.2, -0.15) is 0 Å². The highest BCUT2D eigenvalue weighted by atomic mass is 16.3. The number of carbonyl (C=O) groups is 2. The van der Waals surface area contributed by atoms with Gasteiger partial charge in [0.05, 0.1) is 6.04 Å². The summed E-state index contributed by atoms with van der Waals surface area (Å²) in [5.41, 5.74) is 3.09. The zero-order valence-electron chi connectivity index (χ0n) is 25.0. The van der Waals surface area contributed by atoms with E-state index >= 15 is 0 Å². The van der Waals surface area contributed by atoms with Crippen LogP contribution in [0.5, 0.6) is 5.75 Å². The highest BCUT2D eigenvalue weighted by Gasteiger charge is 2.50. The number of anilines is 1. The minimum Gasteiger partial charge on any atom is -0.508 e. The van der Waals surface area contributed by atoms with Crippen molar-refractivity contribution < 1.29 is 19.8 Å². The van der Waals surface area contributed by atoms with Crippen LogP contribution in [-0.4, -0.2) is 63.6 Å². The lowest BCUT2D eigenvalue weighted by molar-refractivity contribution is -0.143. The molecule has 2 amide bonds. The molecule has 7 heteroatoms. The number of nitrogens with one attached hydrogen (secondary N) is 1. The molecule has 3 N–H and O–H groups in total. The Hall–Kier alpha value is -3.06. The predicted octanol–water partition coefficient (Wildman–Crippen LogP) is 6.20. The molecule has 2 aliphatic heterocycles. The van der Waals surface area contributed by atoms with E-state index in [1.165, 1.54) is 68.9 Å². The molecule has 0 radical (unpaired) electrons. The summed E-state index contributed by atoms with van der Waals surface area (Å²) in [6.45, 7) is 1.90. The molecule has 7 nitrogen and oxygen atoms in total. The number of hydrogen-bond donors (Lipinski definition) is 3. The first-order chi connectivity index (χ1) is 20.4. The van der Waals surface area contributed by atoms with Crippen molar-refractivity contribution in [2.45, 2.75) is 102 Å². The Balaban J connectivity index is 1.20. The number of aliphatic hydroxyl groups is 1. The average molecular weight is 574 g/mol. The molecule has 42 heavy (non-hydrogen) atoms. The Morgan fingerprint density at radius 1 is 0.738 bits per heavy atom. The summed E-state index contributed by atoms with van der Waals surface area (Å²) >= 11 is 0. The molecule has 3 fully saturated rings. The van der Waals surface area contributed by atoms with Crippen molar-refractivity contribution in [3.8, 4) is 5.75 Å². The smallest absolute Gasteiger partial charge is 0.254 e. The minimum absolute atomic E-state index is 0.00285. The van der Waals surface area contributed by atoms with Gasteiger partial charge >= 0.3 is 0 Å². The van der Waals surface area contributed by atoms with E-state index in [1.54, 1.807) is 11.0 Å². The third-order valence-corrected chi connectivity index (χ3v) is 10.4. The summed E-state index contributed by atoms with van der Waals surface area (Å²) in [4.78, 5) is 29.4. The maximum atomic E-state index is 13.4. The molecule has 6 rings (SSSR count). The van der Waals surface area contributed by atoms with Gasteiger partial charge in [0.1, 0.15) is 11.4 Å². The quantitative estimate of drug-likeness (QED) is 0.380. The average Bonchev–Trinajstić information content (AvgIpc) is 3.76. The highest BCUT2D eigenvalue weighted by Crippen LogP contribution is 2.52. The van der Waals surface area contributed by atoms with Crippen LogP contribution >= 0.6 is 0 Å². The van der Waals surface area contributed by atoms with Gasteiger partial charge in [-0.3, -0.25) is 9.59 Å². The van der Waals surface area contributed by atoms with E-state index in [2.05, 4.69) is 17.4 Å². The number of amides is 2. The first-order valence-electron chi connectivity index (χ1n) is 16.4. The summed E-state index contributed by atoms with van der Waals surface area (Å²) in [6.07, 6.45) is 16.0. The second-order valence-corrected chi connectivity index (χ2v) is 13.4. The summed E-state index contributed by atoms with van der Waals surface area (Å²) in [5.74, 6) is 0.141. The number of hydrogen-bond acceptors (Lipinski definition) is 5. The summed E-state index contributed by atoms with van der Waals surface area (Å²) in [7, 11) is 0. The SMILES string of the molecule is O=C(c1ccc(C2Nc3ccc(O)cc3CC23CCCCCCCCCCC3)cc1)N1CCN(C(=O)C2(O)CC2)CC1. The van der Waals surface area contributed by atoms with E-state index in [9.17, 15) is 19.8 Å². The van der Waals surface area contributed by atoms with E-state index < -0.39 is 5.60 Å². The Morgan fingerprint density at radius 2 is 1.31 bits per heavy atom. The molecule has 1 saturated heterocycles. The fourth-order valence-electron chi connectivity index (χ4n) is 7.62. The van der Waals surface area contributed by atoms with Crippen molar-refractivity contribution in [1.82, 2.24) is 9.80 Å². The van der Waals surface area contributed by atoms with Gasteiger partial charge in [0.2, 0.25) is 0 Å². The molecule has 2 saturated carbocycles. The van der Waals surface area contributed by atoms with Gasteiger partial charge in [0.25, 0.3) is 11.8 Å². The molecule has 1 atom stereocenters. The van der Waals surface area contributed by atoms with Gasteiger partial charge in [-0.25, -0.2) is 0 Å². The van der Waals surface area contributed by atoms with Crippen molar-refractivity contribution in [3.05, 3.63) is 59.2 Å². The predicted molar refractivity (Wildman–Crippen MR) is 165 cm³/mol. The fraction of sp³-hybridized carbons (Fsp3) is 0.600. The molecule has 1 unspecified atom stereocenters. The van der Waals surface area contributed by atoms with Crippen LogP contribution in [0.1, 0.15) is 111 Å². The van der Waals surface area contributed by atoms with Gasteiger partial charge in [-0.05, 0) is 79.0 Å². The Kier molecular flexibility index (Phi) is 8.49. The van der Waals surface area contributed by atoms with Gasteiger partial charge in [0, 0.05) is 37.4 Å². The number of nitrogens with zero attached hydrogens (tertiary/aromatic N) is 2. The molecule has 4 aliphatic rings. The van der Waals surface area contributed by atoms with Gasteiger partial charge < -0.3 is 25.3 Å². The Labute approximate surface area is 250 Å². The third kappa shape index (κ3) is 6.17. The van der Waals surface area contributed by atoms with Crippen LogP contribution in [0.4, 0.5) is 5.69 Å². The zero-order chi connectivity index (χ0) is 29.2. The molecule has 0 bridgehead atoms. The normalized spacial score (nSPS) is 24.1. The lowest BCUT2D eigenvalue weighted by Gasteiger charge is -2.47. The van der Waals surface area contributed by atoms with Crippen molar-refractivity contribution >= 4 is 17.5 Å². The van der Waals surface area contributed by atoms with Crippen LogP contribution in [-0.2, 0) is 11.2 Å². The first kappa shape index (κ1) is 29.0. The van der Waals surface area contributed by atoms with Crippen LogP contribution in [0.25, 0.3) is 0 Å². The van der Waals surface area contributed by atoms with Gasteiger partial charge in [0.15, 0.2) is 0 Å². The molecule has 2 heterocycles. The zero-order valence-corrected chi connectivity index (χ0v) is 25.0. The van der Waals surface area contributed by atoms with Crippen LogP contribution in [0.15, 0.2) is 42.5 Å². The topological polar surface area (TPSA) is 93.1 Å². The van der Waals surface area contributed by atoms with Crippen LogP contribution in [0.3, 0.4) is 0 Å². The maximum absolute atomic E-state index is 13.4. The monoisotopic (exact) mass is 573 g/mol. The fourth-order valence-corrected chi connectivity index (χ4v) is 7.62. The third-order valence-electron chi connectivity index (χ3n) is 10.4. The second-order valence-electron chi connectivity index (χ2n) is 13.4. The highest BCUT2D eigenvalue weighted by molar-refractivity contribution is 5.94. The minimum atomic E-state index is -1.15. The second kappa shape index (κ2) is 12.3. The number of phenols is 1. The first-order valence-corrected chi connectivity index (χ1v) is 16.4. The lowest BCUT2D eigenvalue weighted by atomic mass is 9.64. The Morgan fingerprint density at radius 3 is 1.90 bits per heavy atom. The van der Waals surface area contributed by atoms with Crippen LogP contribution in [0, 0.1) is 5.41 Å². The van der Waals surface area contributed by atoms with Crippen molar-refractivity contribution in [1.29, 1.82) is 0 Å².